The lowest BCUT2D eigenvalue weighted by Gasteiger charge is -2.27. The minimum atomic E-state index is 0.574. The van der Waals surface area contributed by atoms with E-state index in [-0.39, 0.29) is 0 Å². The highest BCUT2D eigenvalue weighted by Gasteiger charge is 2.17. The highest BCUT2D eigenvalue weighted by molar-refractivity contribution is 6.32. The van der Waals surface area contributed by atoms with Crippen LogP contribution in [0.25, 0.3) is 0 Å². The van der Waals surface area contributed by atoms with Crippen molar-refractivity contribution in [2.24, 2.45) is 5.92 Å². The minimum absolute atomic E-state index is 0.574. The fourth-order valence-corrected chi connectivity index (χ4v) is 2.26. The molecule has 16 heavy (non-hydrogen) atoms. The maximum atomic E-state index is 6.04. The molecule has 1 aliphatic rings. The lowest BCUT2D eigenvalue weighted by molar-refractivity contribution is 0.0576. The van der Waals surface area contributed by atoms with Crippen molar-refractivity contribution >= 4 is 17.4 Å². The van der Waals surface area contributed by atoms with Crippen LogP contribution < -0.4 is 4.90 Å². The molecule has 1 aromatic heterocycles. The molecule has 2 heterocycles. The van der Waals surface area contributed by atoms with Gasteiger partial charge in [0.15, 0.2) is 5.82 Å². The van der Waals surface area contributed by atoms with E-state index in [1.54, 1.807) is 6.20 Å². The van der Waals surface area contributed by atoms with Crippen molar-refractivity contribution in [3.8, 4) is 0 Å². The molecule has 5 heteroatoms. The highest BCUT2D eigenvalue weighted by Crippen LogP contribution is 2.22. The molecular weight excluding hydrogens is 226 g/mol. The van der Waals surface area contributed by atoms with E-state index in [4.69, 9.17) is 16.3 Å². The van der Waals surface area contributed by atoms with E-state index in [0.29, 0.717) is 10.9 Å². The third-order valence-corrected chi connectivity index (χ3v) is 3.06. The first kappa shape index (κ1) is 11.6. The molecule has 1 fully saturated rings. The van der Waals surface area contributed by atoms with E-state index >= 15 is 0 Å². The monoisotopic (exact) mass is 241 g/mol. The van der Waals surface area contributed by atoms with Crippen LogP contribution in [0.1, 0.15) is 12.8 Å². The average molecular weight is 242 g/mol. The highest BCUT2D eigenvalue weighted by atomic mass is 35.5. The summed E-state index contributed by atoms with van der Waals surface area (Å²) in [4.78, 5) is 10.1. The van der Waals surface area contributed by atoms with Gasteiger partial charge in [0.2, 0.25) is 0 Å². The van der Waals surface area contributed by atoms with Gasteiger partial charge < -0.3 is 9.64 Å². The molecule has 1 atom stereocenters. The zero-order valence-corrected chi connectivity index (χ0v) is 10.2. The van der Waals surface area contributed by atoms with Gasteiger partial charge in [0.05, 0.1) is 12.8 Å². The van der Waals surface area contributed by atoms with Crippen LogP contribution in [0.15, 0.2) is 12.5 Å². The molecule has 1 saturated heterocycles. The summed E-state index contributed by atoms with van der Waals surface area (Å²) in [6, 6.07) is 0. The Morgan fingerprint density at radius 1 is 1.62 bits per heavy atom. The molecule has 88 valence electrons. The summed E-state index contributed by atoms with van der Waals surface area (Å²) in [6.45, 7) is 2.66. The third kappa shape index (κ3) is 2.83. The van der Waals surface area contributed by atoms with Crippen LogP contribution in [0.5, 0.6) is 0 Å². The standard InChI is InChI=1S/C11H16ClN3O/c1-15(6-9-3-2-4-16-7-9)11-10(12)5-13-8-14-11/h5,8-9H,2-4,6-7H2,1H3. The van der Waals surface area contributed by atoms with Gasteiger partial charge in [-0.1, -0.05) is 11.6 Å². The van der Waals surface area contributed by atoms with Gasteiger partial charge in [-0.2, -0.15) is 0 Å². The Bertz CT molecular complexity index is 342. The van der Waals surface area contributed by atoms with E-state index in [0.717, 1.165) is 32.0 Å². The Labute approximate surface area is 101 Å². The van der Waals surface area contributed by atoms with E-state index < -0.39 is 0 Å². The molecular formula is C11H16ClN3O. The molecule has 0 amide bonds. The molecule has 0 bridgehead atoms. The second-order valence-corrected chi connectivity index (χ2v) is 4.57. The first-order valence-electron chi connectivity index (χ1n) is 5.52. The summed E-state index contributed by atoms with van der Waals surface area (Å²) >= 11 is 6.04. The molecule has 1 unspecified atom stereocenters. The lowest BCUT2D eigenvalue weighted by Crippen LogP contribution is -2.31. The van der Waals surface area contributed by atoms with Crippen LogP contribution in [-0.4, -0.2) is 36.8 Å². The van der Waals surface area contributed by atoms with Crippen LogP contribution in [0.2, 0.25) is 5.02 Å². The zero-order chi connectivity index (χ0) is 11.4. The summed E-state index contributed by atoms with van der Waals surface area (Å²) in [5, 5.41) is 0.599. The molecule has 0 saturated carbocycles. The Hall–Kier alpha value is -0.870. The van der Waals surface area contributed by atoms with Gasteiger partial charge in [-0.05, 0) is 18.8 Å². The maximum Gasteiger partial charge on any atom is 0.150 e. The SMILES string of the molecule is CN(CC1CCCOC1)c1ncncc1Cl. The number of rotatable bonds is 3. The fraction of sp³-hybridized carbons (Fsp3) is 0.636. The van der Waals surface area contributed by atoms with Crippen LogP contribution in [0, 0.1) is 5.92 Å². The van der Waals surface area contributed by atoms with E-state index in [1.807, 2.05) is 7.05 Å². The molecule has 1 aliphatic heterocycles. The van der Waals surface area contributed by atoms with Crippen molar-refractivity contribution in [2.75, 3.05) is 31.7 Å². The normalized spacial score (nSPS) is 20.8. The predicted molar refractivity (Wildman–Crippen MR) is 63.9 cm³/mol. The Morgan fingerprint density at radius 2 is 2.50 bits per heavy atom. The van der Waals surface area contributed by atoms with Crippen molar-refractivity contribution < 1.29 is 4.74 Å². The van der Waals surface area contributed by atoms with Crippen LogP contribution in [0.4, 0.5) is 5.82 Å². The lowest BCUT2D eigenvalue weighted by atomic mass is 10.0. The Kier molecular flexibility index (Phi) is 3.96. The van der Waals surface area contributed by atoms with Crippen LogP contribution in [-0.2, 0) is 4.74 Å². The van der Waals surface area contributed by atoms with Gasteiger partial charge >= 0.3 is 0 Å². The van der Waals surface area contributed by atoms with Crippen LogP contribution >= 0.6 is 11.6 Å². The van der Waals surface area contributed by atoms with Gasteiger partial charge in [0.25, 0.3) is 0 Å². The molecule has 1 aromatic rings. The number of ether oxygens (including phenoxy) is 1. The molecule has 4 nitrogen and oxygen atoms in total. The molecule has 0 spiro atoms. The van der Waals surface area contributed by atoms with Crippen molar-refractivity contribution in [1.29, 1.82) is 0 Å². The average Bonchev–Trinajstić information content (AvgIpc) is 2.31. The molecule has 0 radical (unpaired) electrons. The summed E-state index contributed by atoms with van der Waals surface area (Å²) in [5.41, 5.74) is 0. The Balaban J connectivity index is 1.96. The molecule has 0 aromatic carbocycles. The van der Waals surface area contributed by atoms with Gasteiger partial charge in [0.1, 0.15) is 11.3 Å². The summed E-state index contributed by atoms with van der Waals surface area (Å²) in [5.74, 6) is 1.37. The number of hydrogen-bond donors (Lipinski definition) is 0. The van der Waals surface area contributed by atoms with Crippen molar-refractivity contribution in [1.82, 2.24) is 9.97 Å². The van der Waals surface area contributed by atoms with Crippen molar-refractivity contribution in [2.45, 2.75) is 12.8 Å². The largest absolute Gasteiger partial charge is 0.381 e. The number of anilines is 1. The summed E-state index contributed by atoms with van der Waals surface area (Å²) < 4.78 is 5.46. The fourth-order valence-electron chi connectivity index (χ4n) is 2.01. The Morgan fingerprint density at radius 3 is 3.19 bits per heavy atom. The number of halogens is 1. The predicted octanol–water partition coefficient (Wildman–Crippen LogP) is 1.99. The van der Waals surface area contributed by atoms with Crippen LogP contribution in [0.3, 0.4) is 0 Å². The topological polar surface area (TPSA) is 38.2 Å². The minimum Gasteiger partial charge on any atom is -0.381 e. The summed E-state index contributed by atoms with van der Waals surface area (Å²) in [6.07, 6.45) is 5.51. The zero-order valence-electron chi connectivity index (χ0n) is 9.40. The second-order valence-electron chi connectivity index (χ2n) is 4.16. The van der Waals surface area contributed by atoms with Gasteiger partial charge in [-0.15, -0.1) is 0 Å². The number of hydrogen-bond acceptors (Lipinski definition) is 4. The first-order chi connectivity index (χ1) is 7.77. The quantitative estimate of drug-likeness (QED) is 0.811. The summed E-state index contributed by atoms with van der Waals surface area (Å²) in [7, 11) is 2.00. The van der Waals surface area contributed by atoms with Gasteiger partial charge in [-0.25, -0.2) is 9.97 Å². The smallest absolute Gasteiger partial charge is 0.150 e. The molecule has 0 N–H and O–H groups in total. The number of aromatic nitrogens is 2. The number of nitrogens with zero attached hydrogens (tertiary/aromatic N) is 3. The molecule has 2 rings (SSSR count). The molecule has 0 aliphatic carbocycles. The van der Waals surface area contributed by atoms with Gasteiger partial charge in [0, 0.05) is 20.2 Å². The van der Waals surface area contributed by atoms with Crippen molar-refractivity contribution in [3.05, 3.63) is 17.5 Å². The second kappa shape index (κ2) is 5.46. The van der Waals surface area contributed by atoms with Crippen molar-refractivity contribution in [3.63, 3.8) is 0 Å². The van der Waals surface area contributed by atoms with E-state index in [9.17, 15) is 0 Å². The van der Waals surface area contributed by atoms with E-state index in [2.05, 4.69) is 14.9 Å². The van der Waals surface area contributed by atoms with Gasteiger partial charge in [-0.3, -0.25) is 0 Å². The third-order valence-electron chi connectivity index (χ3n) is 2.80. The maximum absolute atomic E-state index is 6.04. The first-order valence-corrected chi connectivity index (χ1v) is 5.89. The van der Waals surface area contributed by atoms with E-state index in [1.165, 1.54) is 12.7 Å².